The van der Waals surface area contributed by atoms with Crippen LogP contribution in [0.15, 0.2) is 44.5 Å². The Labute approximate surface area is 144 Å². The van der Waals surface area contributed by atoms with Gasteiger partial charge in [-0.2, -0.15) is 0 Å². The highest BCUT2D eigenvalue weighted by molar-refractivity contribution is 9.10. The Bertz CT molecular complexity index is 1090. The third kappa shape index (κ3) is 2.33. The first-order chi connectivity index (χ1) is 11.3. The van der Waals surface area contributed by atoms with Crippen molar-refractivity contribution < 1.29 is 4.79 Å². The summed E-state index contributed by atoms with van der Waals surface area (Å²) < 4.78 is 4.45. The topological polar surface area (TPSA) is 104 Å². The largest absolute Gasteiger partial charge is 0.350 e. The Morgan fingerprint density at radius 1 is 1.17 bits per heavy atom. The fourth-order valence-electron chi connectivity index (χ4n) is 2.67. The molecule has 2 heterocycles. The maximum atomic E-state index is 12.7. The molecule has 124 valence electrons. The molecule has 24 heavy (non-hydrogen) atoms. The molecule has 0 saturated carbocycles. The van der Waals surface area contributed by atoms with Crippen molar-refractivity contribution in [3.05, 3.63) is 55.8 Å². The SMILES string of the molecule is Cn1c(=O)c2c(-c3ccccc3Br)n(NC(N)=O)cc2n(C)c1=O. The molecule has 0 radical (unpaired) electrons. The number of benzene rings is 1. The van der Waals surface area contributed by atoms with Gasteiger partial charge in [0, 0.05) is 24.1 Å². The molecule has 0 unspecified atom stereocenters. The van der Waals surface area contributed by atoms with E-state index in [2.05, 4.69) is 21.4 Å². The molecule has 0 fully saturated rings. The number of nitrogens with one attached hydrogen (secondary N) is 1. The Morgan fingerprint density at radius 3 is 2.46 bits per heavy atom. The summed E-state index contributed by atoms with van der Waals surface area (Å²) in [7, 11) is 2.97. The second-order valence-corrected chi connectivity index (χ2v) is 6.12. The minimum atomic E-state index is -0.787. The van der Waals surface area contributed by atoms with Crippen molar-refractivity contribution in [2.45, 2.75) is 0 Å². The molecule has 3 N–H and O–H groups in total. The number of halogens is 1. The van der Waals surface area contributed by atoms with Crippen molar-refractivity contribution in [3.8, 4) is 11.3 Å². The Kier molecular flexibility index (Phi) is 3.80. The van der Waals surface area contributed by atoms with Crippen LogP contribution < -0.4 is 22.4 Å². The fourth-order valence-corrected chi connectivity index (χ4v) is 3.14. The predicted octanol–water partition coefficient (Wildman–Crippen LogP) is 1.09. The second kappa shape index (κ2) is 5.68. The van der Waals surface area contributed by atoms with Gasteiger partial charge in [-0.15, -0.1) is 0 Å². The molecule has 0 aliphatic rings. The number of aryl methyl sites for hydroxylation is 1. The molecule has 3 aromatic rings. The molecule has 0 spiro atoms. The van der Waals surface area contributed by atoms with E-state index in [1.807, 2.05) is 12.1 Å². The quantitative estimate of drug-likeness (QED) is 0.682. The lowest BCUT2D eigenvalue weighted by Gasteiger charge is -2.11. The molecule has 9 heteroatoms. The van der Waals surface area contributed by atoms with Crippen LogP contribution in [0.25, 0.3) is 22.2 Å². The Morgan fingerprint density at radius 2 is 1.83 bits per heavy atom. The lowest BCUT2D eigenvalue weighted by Crippen LogP contribution is -2.36. The molecule has 2 aromatic heterocycles. The Balaban J connectivity index is 2.54. The number of nitrogens with zero attached hydrogens (tertiary/aromatic N) is 3. The van der Waals surface area contributed by atoms with E-state index in [0.29, 0.717) is 22.2 Å². The van der Waals surface area contributed by atoms with Crippen LogP contribution in [0.2, 0.25) is 0 Å². The van der Waals surface area contributed by atoms with Crippen molar-refractivity contribution in [3.63, 3.8) is 0 Å². The molecule has 8 nitrogen and oxygen atoms in total. The van der Waals surface area contributed by atoms with E-state index >= 15 is 0 Å². The van der Waals surface area contributed by atoms with Crippen molar-refractivity contribution in [2.75, 3.05) is 5.43 Å². The number of carbonyl (C=O) groups excluding carboxylic acids is 1. The summed E-state index contributed by atoms with van der Waals surface area (Å²) in [6, 6.07) is 6.46. The van der Waals surface area contributed by atoms with Crippen LogP contribution >= 0.6 is 15.9 Å². The van der Waals surface area contributed by atoms with E-state index in [9.17, 15) is 14.4 Å². The molecule has 0 atom stereocenters. The first kappa shape index (κ1) is 16.1. The zero-order valence-corrected chi connectivity index (χ0v) is 14.5. The Hall–Kier alpha value is -2.81. The number of hydrogen-bond donors (Lipinski definition) is 2. The number of carbonyl (C=O) groups is 1. The number of primary amides is 1. The molecule has 0 saturated heterocycles. The summed E-state index contributed by atoms with van der Waals surface area (Å²) in [5.41, 5.74) is 8.28. The summed E-state index contributed by atoms with van der Waals surface area (Å²) in [5.74, 6) is 0. The standard InChI is InChI=1S/C15H14BrN5O3/c1-19-10-7-21(18-14(17)23)12(8-5-3-4-6-9(8)16)11(10)13(22)20(2)15(19)24/h3-7H,1-2H3,(H3,17,18,23). The van der Waals surface area contributed by atoms with Crippen LogP contribution in [0.4, 0.5) is 4.79 Å². The number of amides is 2. The highest BCUT2D eigenvalue weighted by atomic mass is 79.9. The molecule has 2 amide bonds. The van der Waals surface area contributed by atoms with Gasteiger partial charge in [-0.05, 0) is 6.07 Å². The van der Waals surface area contributed by atoms with Crippen LogP contribution in [0.5, 0.6) is 0 Å². The second-order valence-electron chi connectivity index (χ2n) is 5.27. The van der Waals surface area contributed by atoms with E-state index < -0.39 is 17.3 Å². The van der Waals surface area contributed by atoms with Gasteiger partial charge in [-0.1, -0.05) is 34.1 Å². The zero-order chi connectivity index (χ0) is 17.6. The fraction of sp³-hybridized carbons (Fsp3) is 0.133. The van der Waals surface area contributed by atoms with E-state index in [1.165, 1.54) is 22.5 Å². The third-order valence-electron chi connectivity index (χ3n) is 3.80. The zero-order valence-electron chi connectivity index (χ0n) is 12.9. The summed E-state index contributed by atoms with van der Waals surface area (Å²) in [5, 5.41) is 0.306. The number of rotatable bonds is 2. The van der Waals surface area contributed by atoms with Crippen molar-refractivity contribution in [1.82, 2.24) is 13.8 Å². The van der Waals surface area contributed by atoms with Crippen molar-refractivity contribution in [1.29, 1.82) is 0 Å². The number of fused-ring (bicyclic) bond motifs is 1. The molecule has 3 rings (SSSR count). The monoisotopic (exact) mass is 391 g/mol. The summed E-state index contributed by atoms with van der Waals surface area (Å²) in [4.78, 5) is 36.2. The lowest BCUT2D eigenvalue weighted by atomic mass is 10.1. The average molecular weight is 392 g/mol. The van der Waals surface area contributed by atoms with Gasteiger partial charge in [0.1, 0.15) is 0 Å². The highest BCUT2D eigenvalue weighted by Gasteiger charge is 2.21. The third-order valence-corrected chi connectivity index (χ3v) is 4.49. The first-order valence-corrected chi connectivity index (χ1v) is 7.74. The summed E-state index contributed by atoms with van der Waals surface area (Å²) in [6.45, 7) is 0. The lowest BCUT2D eigenvalue weighted by molar-refractivity contribution is 0.257. The highest BCUT2D eigenvalue weighted by Crippen LogP contribution is 2.32. The van der Waals surface area contributed by atoms with E-state index in [1.54, 1.807) is 19.2 Å². The molecule has 0 bridgehead atoms. The van der Waals surface area contributed by atoms with Crippen molar-refractivity contribution in [2.24, 2.45) is 19.8 Å². The minimum Gasteiger partial charge on any atom is -0.350 e. The predicted molar refractivity (Wildman–Crippen MR) is 94.5 cm³/mol. The summed E-state index contributed by atoms with van der Waals surface area (Å²) in [6.07, 6.45) is 1.50. The van der Waals surface area contributed by atoms with Crippen LogP contribution in [0.3, 0.4) is 0 Å². The molecular weight excluding hydrogens is 378 g/mol. The van der Waals surface area contributed by atoms with Crippen LogP contribution in [-0.2, 0) is 14.1 Å². The van der Waals surface area contributed by atoms with Gasteiger partial charge >= 0.3 is 11.7 Å². The smallest absolute Gasteiger partial charge is 0.331 e. The van der Waals surface area contributed by atoms with Crippen LogP contribution in [0, 0.1) is 0 Å². The van der Waals surface area contributed by atoms with Gasteiger partial charge in [0.2, 0.25) is 0 Å². The molecule has 0 aliphatic heterocycles. The summed E-state index contributed by atoms with van der Waals surface area (Å²) >= 11 is 3.45. The molecule has 0 aliphatic carbocycles. The maximum Gasteiger partial charge on any atom is 0.331 e. The molecular formula is C15H14BrN5O3. The number of hydrogen-bond acceptors (Lipinski definition) is 3. The van der Waals surface area contributed by atoms with Gasteiger partial charge in [0.15, 0.2) is 0 Å². The van der Waals surface area contributed by atoms with Gasteiger partial charge in [0.25, 0.3) is 5.56 Å². The van der Waals surface area contributed by atoms with Gasteiger partial charge in [0.05, 0.1) is 22.8 Å². The van der Waals surface area contributed by atoms with Crippen LogP contribution in [-0.4, -0.2) is 19.8 Å². The normalized spacial score (nSPS) is 11.0. The van der Waals surface area contributed by atoms with Gasteiger partial charge in [-0.25, -0.2) is 15.0 Å². The minimum absolute atomic E-state index is 0.306. The number of nitrogens with two attached hydrogens (primary N) is 1. The van der Waals surface area contributed by atoms with E-state index in [0.717, 1.165) is 9.04 Å². The molecule has 1 aromatic carbocycles. The number of aromatic nitrogens is 3. The number of urea groups is 1. The maximum absolute atomic E-state index is 12.7. The van der Waals surface area contributed by atoms with E-state index in [4.69, 9.17) is 5.73 Å². The van der Waals surface area contributed by atoms with E-state index in [-0.39, 0.29) is 0 Å². The average Bonchev–Trinajstić information content (AvgIpc) is 2.90. The van der Waals surface area contributed by atoms with Crippen molar-refractivity contribution >= 4 is 32.9 Å². The van der Waals surface area contributed by atoms with Gasteiger partial charge in [-0.3, -0.25) is 18.6 Å². The first-order valence-electron chi connectivity index (χ1n) is 6.95. The van der Waals surface area contributed by atoms with Gasteiger partial charge < -0.3 is 5.73 Å². The van der Waals surface area contributed by atoms with Crippen LogP contribution in [0.1, 0.15) is 0 Å².